The molecule has 0 amide bonds. The van der Waals surface area contributed by atoms with Gasteiger partial charge in [-0.15, -0.1) is 0 Å². The van der Waals surface area contributed by atoms with Crippen molar-refractivity contribution in [1.29, 1.82) is 0 Å². The van der Waals surface area contributed by atoms with Crippen LogP contribution in [0.25, 0.3) is 0 Å². The molecule has 0 saturated carbocycles. The molecule has 1 N–H and O–H groups in total. The standard InChI is InChI=1S/C13H28O4S.Na/c1-3-5-7-9-13(18(15,16)17)11-10-12(14)8-6-4-2;/h12-14H,3-11H2,1-2H3,(H,15,16,17);/q;+1/p-1. The van der Waals surface area contributed by atoms with E-state index in [1.807, 2.05) is 13.8 Å². The summed E-state index contributed by atoms with van der Waals surface area (Å²) in [6.07, 6.45) is 6.03. The van der Waals surface area contributed by atoms with Gasteiger partial charge in [-0.1, -0.05) is 46.0 Å². The molecule has 110 valence electrons. The first-order chi connectivity index (χ1) is 8.41. The topological polar surface area (TPSA) is 77.4 Å². The second-order valence-corrected chi connectivity index (χ2v) is 6.64. The van der Waals surface area contributed by atoms with Crippen LogP contribution in [0.15, 0.2) is 0 Å². The molecule has 0 rings (SSSR count). The van der Waals surface area contributed by atoms with Crippen LogP contribution in [0.4, 0.5) is 0 Å². The first-order valence-electron chi connectivity index (χ1n) is 7.04. The third-order valence-corrected chi connectivity index (χ3v) is 4.54. The minimum absolute atomic E-state index is 0. The molecule has 0 fully saturated rings. The summed E-state index contributed by atoms with van der Waals surface area (Å²) in [5.74, 6) is 0. The van der Waals surface area contributed by atoms with E-state index >= 15 is 0 Å². The van der Waals surface area contributed by atoms with Gasteiger partial charge in [0.2, 0.25) is 0 Å². The van der Waals surface area contributed by atoms with Crippen molar-refractivity contribution in [2.75, 3.05) is 0 Å². The van der Waals surface area contributed by atoms with E-state index in [0.29, 0.717) is 25.7 Å². The Kier molecular flexibility index (Phi) is 14.7. The fraction of sp³-hybridized carbons (Fsp3) is 1.00. The van der Waals surface area contributed by atoms with Gasteiger partial charge < -0.3 is 9.66 Å². The van der Waals surface area contributed by atoms with E-state index in [-0.39, 0.29) is 29.6 Å². The van der Waals surface area contributed by atoms with E-state index < -0.39 is 21.5 Å². The zero-order valence-corrected chi connectivity index (χ0v) is 15.4. The molecule has 0 aromatic heterocycles. The minimum atomic E-state index is -4.22. The molecule has 0 radical (unpaired) electrons. The van der Waals surface area contributed by atoms with E-state index in [0.717, 1.165) is 32.1 Å². The van der Waals surface area contributed by atoms with Crippen molar-refractivity contribution >= 4 is 10.1 Å². The van der Waals surface area contributed by atoms with E-state index in [4.69, 9.17) is 0 Å². The van der Waals surface area contributed by atoms with Crippen molar-refractivity contribution in [2.24, 2.45) is 0 Å². The van der Waals surface area contributed by atoms with Crippen LogP contribution in [0.2, 0.25) is 0 Å². The monoisotopic (exact) mass is 302 g/mol. The van der Waals surface area contributed by atoms with Gasteiger partial charge in [0.1, 0.15) is 0 Å². The van der Waals surface area contributed by atoms with Crippen LogP contribution in [-0.2, 0) is 10.1 Å². The van der Waals surface area contributed by atoms with Gasteiger partial charge in [-0.25, -0.2) is 8.42 Å². The molecule has 0 aliphatic heterocycles. The summed E-state index contributed by atoms with van der Waals surface area (Å²) in [4.78, 5) is 0. The normalized spacial score (nSPS) is 14.7. The molecule has 0 aliphatic rings. The van der Waals surface area contributed by atoms with Crippen molar-refractivity contribution < 1.29 is 47.6 Å². The first-order valence-corrected chi connectivity index (χ1v) is 8.51. The van der Waals surface area contributed by atoms with E-state index in [1.54, 1.807) is 0 Å². The van der Waals surface area contributed by atoms with Gasteiger partial charge in [0, 0.05) is 5.25 Å². The quantitative estimate of drug-likeness (QED) is 0.326. The number of hydrogen-bond donors (Lipinski definition) is 1. The Balaban J connectivity index is 0. The molecule has 0 aromatic carbocycles. The molecule has 2 atom stereocenters. The molecular weight excluding hydrogens is 275 g/mol. The Labute approximate surface area is 140 Å². The molecule has 19 heavy (non-hydrogen) atoms. The first kappa shape index (κ1) is 22.2. The van der Waals surface area contributed by atoms with Gasteiger partial charge in [0.25, 0.3) is 0 Å². The van der Waals surface area contributed by atoms with Crippen LogP contribution in [0, 0.1) is 0 Å². The second-order valence-electron chi connectivity index (χ2n) is 4.98. The van der Waals surface area contributed by atoms with Crippen LogP contribution in [-0.4, -0.2) is 29.4 Å². The average Bonchev–Trinajstić information content (AvgIpc) is 2.29. The molecule has 4 nitrogen and oxygen atoms in total. The molecule has 0 bridgehead atoms. The number of aliphatic hydroxyl groups excluding tert-OH is 1. The van der Waals surface area contributed by atoms with Gasteiger partial charge in [-0.2, -0.15) is 0 Å². The predicted molar refractivity (Wildman–Crippen MR) is 72.4 cm³/mol. The van der Waals surface area contributed by atoms with Crippen molar-refractivity contribution in [3.63, 3.8) is 0 Å². The van der Waals surface area contributed by atoms with E-state index in [2.05, 4.69) is 0 Å². The Morgan fingerprint density at radius 1 is 0.947 bits per heavy atom. The van der Waals surface area contributed by atoms with Crippen LogP contribution in [0.5, 0.6) is 0 Å². The zero-order valence-electron chi connectivity index (χ0n) is 12.6. The average molecular weight is 302 g/mol. The van der Waals surface area contributed by atoms with E-state index in [1.165, 1.54) is 0 Å². The summed E-state index contributed by atoms with van der Waals surface area (Å²) in [5.41, 5.74) is 0. The summed E-state index contributed by atoms with van der Waals surface area (Å²) in [7, 11) is -4.22. The summed E-state index contributed by atoms with van der Waals surface area (Å²) in [6.45, 7) is 4.08. The molecule has 0 heterocycles. The summed E-state index contributed by atoms with van der Waals surface area (Å²) in [5, 5.41) is 8.85. The Bertz CT molecular complexity index is 293. The minimum Gasteiger partial charge on any atom is -0.748 e. The number of unbranched alkanes of at least 4 members (excludes halogenated alkanes) is 3. The van der Waals surface area contributed by atoms with Gasteiger partial charge >= 0.3 is 29.6 Å². The molecule has 0 aromatic rings. The smallest absolute Gasteiger partial charge is 0.748 e. The van der Waals surface area contributed by atoms with Gasteiger partial charge in [0.15, 0.2) is 0 Å². The van der Waals surface area contributed by atoms with Crippen molar-refractivity contribution in [3.05, 3.63) is 0 Å². The van der Waals surface area contributed by atoms with Crippen molar-refractivity contribution in [3.8, 4) is 0 Å². The Hall–Kier alpha value is 0.870. The van der Waals surface area contributed by atoms with Gasteiger partial charge in [-0.3, -0.25) is 0 Å². The zero-order chi connectivity index (χ0) is 14.0. The molecule has 0 saturated heterocycles. The Morgan fingerprint density at radius 2 is 1.53 bits per heavy atom. The van der Waals surface area contributed by atoms with Crippen LogP contribution >= 0.6 is 0 Å². The maximum atomic E-state index is 11.1. The van der Waals surface area contributed by atoms with E-state index in [9.17, 15) is 18.1 Å². The summed E-state index contributed by atoms with van der Waals surface area (Å²) < 4.78 is 33.3. The van der Waals surface area contributed by atoms with Crippen LogP contribution in [0.1, 0.15) is 71.6 Å². The van der Waals surface area contributed by atoms with Crippen molar-refractivity contribution in [2.45, 2.75) is 83.0 Å². The maximum absolute atomic E-state index is 11.1. The van der Waals surface area contributed by atoms with Crippen LogP contribution in [0.3, 0.4) is 0 Å². The molecule has 0 aliphatic carbocycles. The fourth-order valence-corrected chi connectivity index (χ4v) is 2.90. The van der Waals surface area contributed by atoms with Crippen LogP contribution < -0.4 is 29.6 Å². The number of aliphatic hydroxyl groups is 1. The third-order valence-electron chi connectivity index (χ3n) is 3.25. The third kappa shape index (κ3) is 12.3. The maximum Gasteiger partial charge on any atom is 1.00 e. The predicted octanol–water partition coefficient (Wildman–Crippen LogP) is -0.184. The molecule has 0 spiro atoms. The van der Waals surface area contributed by atoms with Crippen molar-refractivity contribution in [1.82, 2.24) is 0 Å². The van der Waals surface area contributed by atoms with Gasteiger partial charge in [0.05, 0.1) is 16.2 Å². The number of rotatable bonds is 11. The van der Waals surface area contributed by atoms with Gasteiger partial charge in [-0.05, 0) is 25.7 Å². The molecular formula is C13H27NaO4S. The summed E-state index contributed by atoms with van der Waals surface area (Å²) >= 11 is 0. The number of hydrogen-bond acceptors (Lipinski definition) is 4. The Morgan fingerprint density at radius 3 is 2.00 bits per heavy atom. The second kappa shape index (κ2) is 12.6. The fourth-order valence-electron chi connectivity index (χ4n) is 2.02. The largest absolute Gasteiger partial charge is 1.00 e. The summed E-state index contributed by atoms with van der Waals surface area (Å²) in [6, 6.07) is 0. The SMILES string of the molecule is CCCCCC(CCC(O)CCCC)S(=O)(=O)[O-].[Na+]. The molecule has 6 heteroatoms. The molecule has 2 unspecified atom stereocenters.